The SMILES string of the molecule is O=C1CCN(C(=O)COc2ccc(CO)cc2)CC1. The van der Waals surface area contributed by atoms with Crippen molar-refractivity contribution in [1.82, 2.24) is 4.90 Å². The molecule has 0 saturated carbocycles. The molecule has 1 heterocycles. The molecule has 1 amide bonds. The van der Waals surface area contributed by atoms with Crippen LogP contribution in [0.5, 0.6) is 5.75 Å². The first kappa shape index (κ1) is 13.5. The first-order valence-corrected chi connectivity index (χ1v) is 6.31. The topological polar surface area (TPSA) is 66.8 Å². The second-order valence-corrected chi connectivity index (χ2v) is 4.51. The minimum Gasteiger partial charge on any atom is -0.484 e. The summed E-state index contributed by atoms with van der Waals surface area (Å²) < 4.78 is 5.39. The van der Waals surface area contributed by atoms with Crippen LogP contribution in [0.15, 0.2) is 24.3 Å². The van der Waals surface area contributed by atoms with E-state index in [2.05, 4.69) is 0 Å². The van der Waals surface area contributed by atoms with E-state index in [9.17, 15) is 9.59 Å². The van der Waals surface area contributed by atoms with Gasteiger partial charge in [0.2, 0.25) is 0 Å². The maximum atomic E-state index is 11.9. The van der Waals surface area contributed by atoms with Gasteiger partial charge in [-0.1, -0.05) is 12.1 Å². The standard InChI is InChI=1S/C14H17NO4/c16-9-11-1-3-13(4-2-11)19-10-14(18)15-7-5-12(17)6-8-15/h1-4,16H,5-10H2. The van der Waals surface area contributed by atoms with E-state index < -0.39 is 0 Å². The van der Waals surface area contributed by atoms with E-state index in [0.29, 0.717) is 31.7 Å². The van der Waals surface area contributed by atoms with Gasteiger partial charge in [-0.05, 0) is 17.7 Å². The van der Waals surface area contributed by atoms with Crippen LogP contribution >= 0.6 is 0 Å². The molecule has 1 fully saturated rings. The third-order valence-electron chi connectivity index (χ3n) is 3.14. The molecule has 2 rings (SSSR count). The van der Waals surface area contributed by atoms with Crippen molar-refractivity contribution in [2.75, 3.05) is 19.7 Å². The predicted molar refractivity (Wildman–Crippen MR) is 68.7 cm³/mol. The van der Waals surface area contributed by atoms with Crippen molar-refractivity contribution >= 4 is 11.7 Å². The number of nitrogens with zero attached hydrogens (tertiary/aromatic N) is 1. The third kappa shape index (κ3) is 3.79. The van der Waals surface area contributed by atoms with Crippen molar-refractivity contribution in [2.45, 2.75) is 19.4 Å². The Morgan fingerprint density at radius 2 is 1.84 bits per heavy atom. The average Bonchev–Trinajstić information content (AvgIpc) is 2.46. The molecular weight excluding hydrogens is 246 g/mol. The first-order chi connectivity index (χ1) is 9.19. The lowest BCUT2D eigenvalue weighted by atomic mass is 10.1. The second-order valence-electron chi connectivity index (χ2n) is 4.51. The lowest BCUT2D eigenvalue weighted by molar-refractivity contribution is -0.136. The van der Waals surface area contributed by atoms with Gasteiger partial charge in [0.15, 0.2) is 6.61 Å². The summed E-state index contributed by atoms with van der Waals surface area (Å²) in [5.41, 5.74) is 0.799. The van der Waals surface area contributed by atoms with Crippen molar-refractivity contribution in [3.63, 3.8) is 0 Å². The van der Waals surface area contributed by atoms with Crippen molar-refractivity contribution in [2.24, 2.45) is 0 Å². The highest BCUT2D eigenvalue weighted by molar-refractivity contribution is 5.83. The summed E-state index contributed by atoms with van der Waals surface area (Å²) in [6.07, 6.45) is 0.883. The number of ketones is 1. The molecule has 0 bridgehead atoms. The highest BCUT2D eigenvalue weighted by Gasteiger charge is 2.20. The molecule has 1 saturated heterocycles. The number of piperidine rings is 1. The number of hydrogen-bond acceptors (Lipinski definition) is 4. The van der Waals surface area contributed by atoms with Gasteiger partial charge in [-0.15, -0.1) is 0 Å². The Kier molecular flexibility index (Phi) is 4.52. The van der Waals surface area contributed by atoms with Crippen LogP contribution in [-0.2, 0) is 16.2 Å². The fourth-order valence-corrected chi connectivity index (χ4v) is 1.93. The summed E-state index contributed by atoms with van der Waals surface area (Å²) in [5.74, 6) is 0.710. The number of carbonyl (C=O) groups is 2. The zero-order chi connectivity index (χ0) is 13.7. The van der Waals surface area contributed by atoms with E-state index in [1.807, 2.05) is 0 Å². The van der Waals surface area contributed by atoms with Crippen molar-refractivity contribution in [3.8, 4) is 5.75 Å². The molecule has 5 nitrogen and oxygen atoms in total. The van der Waals surface area contributed by atoms with Crippen LogP contribution in [0.25, 0.3) is 0 Å². The molecule has 1 aromatic rings. The Hall–Kier alpha value is -1.88. The van der Waals surface area contributed by atoms with Gasteiger partial charge in [-0.25, -0.2) is 0 Å². The largest absolute Gasteiger partial charge is 0.484 e. The van der Waals surface area contributed by atoms with Gasteiger partial charge in [0.1, 0.15) is 11.5 Å². The van der Waals surface area contributed by atoms with Gasteiger partial charge >= 0.3 is 0 Å². The quantitative estimate of drug-likeness (QED) is 0.870. The Balaban J connectivity index is 1.80. The zero-order valence-electron chi connectivity index (χ0n) is 10.7. The van der Waals surface area contributed by atoms with Gasteiger partial charge in [0.05, 0.1) is 6.61 Å². The molecule has 1 aliphatic rings. The summed E-state index contributed by atoms with van der Waals surface area (Å²) in [5, 5.41) is 8.91. The van der Waals surface area contributed by atoms with Gasteiger partial charge in [-0.3, -0.25) is 9.59 Å². The van der Waals surface area contributed by atoms with E-state index in [1.165, 1.54) is 0 Å². The van der Waals surface area contributed by atoms with Gasteiger partial charge < -0.3 is 14.7 Å². The van der Waals surface area contributed by atoms with E-state index >= 15 is 0 Å². The molecule has 1 N–H and O–H groups in total. The first-order valence-electron chi connectivity index (χ1n) is 6.31. The highest BCUT2D eigenvalue weighted by atomic mass is 16.5. The van der Waals surface area contributed by atoms with E-state index in [0.717, 1.165) is 5.56 Å². The molecule has 0 aromatic heterocycles. The Morgan fingerprint density at radius 1 is 1.21 bits per heavy atom. The smallest absolute Gasteiger partial charge is 0.260 e. The molecule has 0 unspecified atom stereocenters. The van der Waals surface area contributed by atoms with Crippen LogP contribution in [0, 0.1) is 0 Å². The Labute approximate surface area is 111 Å². The number of aliphatic hydroxyl groups excluding tert-OH is 1. The van der Waals surface area contributed by atoms with Gasteiger partial charge in [0, 0.05) is 25.9 Å². The highest BCUT2D eigenvalue weighted by Crippen LogP contribution is 2.13. The van der Waals surface area contributed by atoms with Crippen LogP contribution in [0.1, 0.15) is 18.4 Å². The average molecular weight is 263 g/mol. The summed E-state index contributed by atoms with van der Waals surface area (Å²) in [6.45, 7) is 0.947. The monoisotopic (exact) mass is 263 g/mol. The molecule has 19 heavy (non-hydrogen) atoms. The van der Waals surface area contributed by atoms with Crippen LogP contribution in [0.2, 0.25) is 0 Å². The lowest BCUT2D eigenvalue weighted by Crippen LogP contribution is -2.41. The second kappa shape index (κ2) is 6.33. The van der Waals surface area contributed by atoms with Crippen LogP contribution in [0.3, 0.4) is 0 Å². The molecule has 1 aromatic carbocycles. The van der Waals surface area contributed by atoms with Crippen LogP contribution < -0.4 is 4.74 Å². The molecule has 1 aliphatic heterocycles. The number of Topliss-reactive ketones (excluding diaryl/α,β-unsaturated/α-hetero) is 1. The third-order valence-corrected chi connectivity index (χ3v) is 3.14. The van der Waals surface area contributed by atoms with Crippen LogP contribution in [-0.4, -0.2) is 41.4 Å². The van der Waals surface area contributed by atoms with E-state index in [4.69, 9.17) is 9.84 Å². The number of ether oxygens (including phenoxy) is 1. The minimum absolute atomic E-state index is 0.0129. The minimum atomic E-state index is -0.0984. The van der Waals surface area contributed by atoms with Gasteiger partial charge in [0.25, 0.3) is 5.91 Å². The van der Waals surface area contributed by atoms with Crippen molar-refractivity contribution in [1.29, 1.82) is 0 Å². The normalized spacial score (nSPS) is 15.4. The number of aliphatic hydroxyl groups is 1. The number of carbonyl (C=O) groups excluding carboxylic acids is 2. The maximum absolute atomic E-state index is 11.9. The zero-order valence-corrected chi connectivity index (χ0v) is 10.7. The fraction of sp³-hybridized carbons (Fsp3) is 0.429. The van der Waals surface area contributed by atoms with E-state index in [-0.39, 0.29) is 24.9 Å². The van der Waals surface area contributed by atoms with Crippen LogP contribution in [0.4, 0.5) is 0 Å². The summed E-state index contributed by atoms with van der Waals surface area (Å²) in [6, 6.07) is 6.94. The number of benzene rings is 1. The number of hydrogen-bond donors (Lipinski definition) is 1. The van der Waals surface area contributed by atoms with Crippen molar-refractivity contribution < 1.29 is 19.4 Å². The summed E-state index contributed by atoms with van der Waals surface area (Å²) in [4.78, 5) is 24.6. The number of rotatable bonds is 4. The molecule has 102 valence electrons. The van der Waals surface area contributed by atoms with Crippen molar-refractivity contribution in [3.05, 3.63) is 29.8 Å². The Morgan fingerprint density at radius 3 is 2.42 bits per heavy atom. The molecule has 0 spiro atoms. The summed E-state index contributed by atoms with van der Waals surface area (Å²) in [7, 11) is 0. The Bertz CT molecular complexity index is 445. The summed E-state index contributed by atoms with van der Waals surface area (Å²) >= 11 is 0. The molecule has 0 radical (unpaired) electrons. The maximum Gasteiger partial charge on any atom is 0.260 e. The molecular formula is C14H17NO4. The number of amides is 1. The molecule has 0 atom stereocenters. The molecule has 5 heteroatoms. The number of likely N-dealkylation sites (tertiary alicyclic amines) is 1. The molecule has 0 aliphatic carbocycles. The van der Waals surface area contributed by atoms with Gasteiger partial charge in [-0.2, -0.15) is 0 Å². The lowest BCUT2D eigenvalue weighted by Gasteiger charge is -2.25. The van der Waals surface area contributed by atoms with E-state index in [1.54, 1.807) is 29.2 Å². The fourth-order valence-electron chi connectivity index (χ4n) is 1.93. The predicted octanol–water partition coefficient (Wildman–Crippen LogP) is 0.749.